The van der Waals surface area contributed by atoms with Gasteiger partial charge in [0, 0.05) is 0 Å². The number of hydrogen-bond donors (Lipinski definition) is 0. The summed E-state index contributed by atoms with van der Waals surface area (Å²) in [5.41, 5.74) is 0.898. The van der Waals surface area contributed by atoms with Gasteiger partial charge in [0.25, 0.3) is 0 Å². The highest BCUT2D eigenvalue weighted by Gasteiger charge is 1.75. The van der Waals surface area contributed by atoms with Crippen molar-refractivity contribution in [3.8, 4) is 0 Å². The Bertz CT molecular complexity index is 138. The molecule has 0 aliphatic heterocycles. The summed E-state index contributed by atoms with van der Waals surface area (Å²) in [6, 6.07) is 0. The Balaban J connectivity index is 0.000000291. The van der Waals surface area contributed by atoms with E-state index < -0.39 is 0 Å². The van der Waals surface area contributed by atoms with Crippen LogP contribution < -0.4 is 0 Å². The Kier molecular flexibility index (Phi) is 4.59. The first kappa shape index (κ1) is 8.01. The smallest absolute Gasteiger partial charge is 0.138 e. The third-order valence-corrected chi connectivity index (χ3v) is 0.624. The fraction of sp³-hybridized carbons (Fsp3) is 0.500. The zero-order valence-electron chi connectivity index (χ0n) is 6.00. The molecular formula is C6H11N3. The van der Waals surface area contributed by atoms with Crippen LogP contribution in [0.1, 0.15) is 19.5 Å². The average molecular weight is 125 g/mol. The van der Waals surface area contributed by atoms with Gasteiger partial charge in [0.2, 0.25) is 0 Å². The second kappa shape index (κ2) is 5.15. The molecule has 0 fully saturated rings. The lowest BCUT2D eigenvalue weighted by Crippen LogP contribution is -1.83. The number of rotatable bonds is 0. The van der Waals surface area contributed by atoms with Gasteiger partial charge in [-0.1, -0.05) is 13.8 Å². The van der Waals surface area contributed by atoms with Gasteiger partial charge in [0.15, 0.2) is 0 Å². The molecule has 0 amide bonds. The van der Waals surface area contributed by atoms with Crippen molar-refractivity contribution in [2.75, 3.05) is 0 Å². The van der Waals surface area contributed by atoms with Gasteiger partial charge in [-0.25, -0.2) is 4.98 Å². The summed E-state index contributed by atoms with van der Waals surface area (Å²) in [5.74, 6) is 0. The van der Waals surface area contributed by atoms with E-state index in [0.29, 0.717) is 0 Å². The molecule has 3 heteroatoms. The maximum Gasteiger partial charge on any atom is 0.138 e. The van der Waals surface area contributed by atoms with Crippen molar-refractivity contribution in [1.29, 1.82) is 0 Å². The maximum atomic E-state index is 3.81. The molecule has 0 radical (unpaired) electrons. The Morgan fingerprint density at radius 1 is 1.22 bits per heavy atom. The van der Waals surface area contributed by atoms with Crippen LogP contribution in [0.2, 0.25) is 0 Å². The van der Waals surface area contributed by atoms with E-state index in [9.17, 15) is 0 Å². The van der Waals surface area contributed by atoms with E-state index in [4.69, 9.17) is 0 Å². The van der Waals surface area contributed by atoms with Crippen LogP contribution in [0.4, 0.5) is 0 Å². The van der Waals surface area contributed by atoms with Gasteiger partial charge >= 0.3 is 0 Å². The quantitative estimate of drug-likeness (QED) is 0.523. The van der Waals surface area contributed by atoms with Crippen LogP contribution >= 0.6 is 0 Å². The highest BCUT2D eigenvalue weighted by atomic mass is 15.1. The fourth-order valence-electron chi connectivity index (χ4n) is 0.297. The molecule has 3 nitrogen and oxygen atoms in total. The summed E-state index contributed by atoms with van der Waals surface area (Å²) in [6.45, 7) is 5.87. The van der Waals surface area contributed by atoms with Crippen molar-refractivity contribution in [3.63, 3.8) is 0 Å². The van der Waals surface area contributed by atoms with Gasteiger partial charge in [-0.05, 0) is 6.92 Å². The van der Waals surface area contributed by atoms with Crippen LogP contribution in [0.15, 0.2) is 12.5 Å². The molecule has 0 N–H and O–H groups in total. The predicted octanol–water partition coefficient (Wildman–Crippen LogP) is 1.21. The standard InChI is InChI=1S/C4H5N3.C2H6/c1-4-2-6-7-3-5-4;1-2/h2-3H,1H3;1-2H3. The van der Waals surface area contributed by atoms with Crippen molar-refractivity contribution < 1.29 is 0 Å². The van der Waals surface area contributed by atoms with Crippen LogP contribution in [0.5, 0.6) is 0 Å². The first-order valence-electron chi connectivity index (χ1n) is 2.99. The van der Waals surface area contributed by atoms with Gasteiger partial charge in [0.05, 0.1) is 11.9 Å². The monoisotopic (exact) mass is 125 g/mol. The normalized spacial score (nSPS) is 7.44. The highest BCUT2D eigenvalue weighted by molar-refractivity contribution is 4.84. The molecule has 0 unspecified atom stereocenters. The first-order chi connectivity index (χ1) is 4.39. The third-order valence-electron chi connectivity index (χ3n) is 0.624. The molecular weight excluding hydrogens is 114 g/mol. The molecule has 0 bridgehead atoms. The Morgan fingerprint density at radius 2 is 1.89 bits per heavy atom. The Morgan fingerprint density at radius 3 is 2.11 bits per heavy atom. The minimum absolute atomic E-state index is 0.898. The van der Waals surface area contributed by atoms with Gasteiger partial charge in [0.1, 0.15) is 6.33 Å². The van der Waals surface area contributed by atoms with Crippen molar-refractivity contribution in [2.24, 2.45) is 0 Å². The van der Waals surface area contributed by atoms with Crippen LogP contribution in [-0.4, -0.2) is 15.2 Å². The van der Waals surface area contributed by atoms with Gasteiger partial charge in [-0.15, -0.1) is 5.10 Å². The van der Waals surface area contributed by atoms with Crippen molar-refractivity contribution in [2.45, 2.75) is 20.8 Å². The summed E-state index contributed by atoms with van der Waals surface area (Å²) >= 11 is 0. The molecule has 0 aliphatic rings. The van der Waals surface area contributed by atoms with Crippen molar-refractivity contribution in [1.82, 2.24) is 15.2 Å². The molecule has 9 heavy (non-hydrogen) atoms. The molecule has 1 rings (SSSR count). The number of aryl methyl sites for hydroxylation is 1. The average Bonchev–Trinajstić information content (AvgIpc) is 1.94. The molecule has 1 heterocycles. The minimum Gasteiger partial charge on any atom is -0.238 e. The van der Waals surface area contributed by atoms with E-state index in [1.54, 1.807) is 6.20 Å². The van der Waals surface area contributed by atoms with Crippen molar-refractivity contribution >= 4 is 0 Å². The first-order valence-corrected chi connectivity index (χ1v) is 2.99. The molecule has 0 atom stereocenters. The largest absolute Gasteiger partial charge is 0.238 e. The lowest BCUT2D eigenvalue weighted by molar-refractivity contribution is 0.939. The SMILES string of the molecule is CC.Cc1cnncn1. The summed E-state index contributed by atoms with van der Waals surface area (Å²) in [6.07, 6.45) is 3.04. The van der Waals surface area contributed by atoms with Gasteiger partial charge in [-0.2, -0.15) is 5.10 Å². The molecule has 0 aliphatic carbocycles. The van der Waals surface area contributed by atoms with E-state index >= 15 is 0 Å². The molecule has 0 spiro atoms. The van der Waals surface area contributed by atoms with Crippen LogP contribution in [0.25, 0.3) is 0 Å². The third kappa shape index (κ3) is 3.58. The highest BCUT2D eigenvalue weighted by Crippen LogP contribution is 1.78. The lowest BCUT2D eigenvalue weighted by Gasteiger charge is -1.80. The van der Waals surface area contributed by atoms with Crippen LogP contribution in [-0.2, 0) is 0 Å². The summed E-state index contributed by atoms with van der Waals surface area (Å²) in [7, 11) is 0. The van der Waals surface area contributed by atoms with E-state index in [-0.39, 0.29) is 0 Å². The zero-order valence-corrected chi connectivity index (χ0v) is 6.00. The van der Waals surface area contributed by atoms with Gasteiger partial charge < -0.3 is 0 Å². The Labute approximate surface area is 55.2 Å². The lowest BCUT2D eigenvalue weighted by atomic mass is 10.6. The van der Waals surface area contributed by atoms with Gasteiger partial charge in [-0.3, -0.25) is 0 Å². The summed E-state index contributed by atoms with van der Waals surface area (Å²) in [5, 5.41) is 7.06. The number of nitrogens with zero attached hydrogens (tertiary/aromatic N) is 3. The fourth-order valence-corrected chi connectivity index (χ4v) is 0.297. The van der Waals surface area contributed by atoms with E-state index in [1.807, 2.05) is 20.8 Å². The predicted molar refractivity (Wildman–Crippen MR) is 35.9 cm³/mol. The maximum absolute atomic E-state index is 3.81. The zero-order chi connectivity index (χ0) is 7.11. The molecule has 0 saturated heterocycles. The van der Waals surface area contributed by atoms with Crippen molar-refractivity contribution in [3.05, 3.63) is 18.2 Å². The molecule has 0 aromatic carbocycles. The molecule has 50 valence electrons. The number of aromatic nitrogens is 3. The summed E-state index contributed by atoms with van der Waals surface area (Å²) in [4.78, 5) is 3.81. The second-order valence-corrected chi connectivity index (χ2v) is 1.25. The molecule has 1 aromatic rings. The van der Waals surface area contributed by atoms with Crippen LogP contribution in [0, 0.1) is 6.92 Å². The van der Waals surface area contributed by atoms with E-state index in [1.165, 1.54) is 6.33 Å². The van der Waals surface area contributed by atoms with Crippen LogP contribution in [0.3, 0.4) is 0 Å². The molecule has 1 aromatic heterocycles. The molecule has 0 saturated carbocycles. The summed E-state index contributed by atoms with van der Waals surface area (Å²) < 4.78 is 0. The Hall–Kier alpha value is -0.990. The minimum atomic E-state index is 0.898. The topological polar surface area (TPSA) is 38.7 Å². The van der Waals surface area contributed by atoms with E-state index in [2.05, 4.69) is 15.2 Å². The number of hydrogen-bond acceptors (Lipinski definition) is 3. The second-order valence-electron chi connectivity index (χ2n) is 1.25. The van der Waals surface area contributed by atoms with E-state index in [0.717, 1.165) is 5.69 Å².